The van der Waals surface area contributed by atoms with Crippen molar-refractivity contribution in [2.45, 2.75) is 57.5 Å². The minimum Gasteiger partial charge on any atom is -0.392 e. The van der Waals surface area contributed by atoms with Crippen LogP contribution in [0, 0.1) is 0 Å². The van der Waals surface area contributed by atoms with Gasteiger partial charge in [-0.25, -0.2) is 0 Å². The molecule has 2 aliphatic rings. The number of carbonyl (C=O) groups excluding carboxylic acids is 1. The van der Waals surface area contributed by atoms with E-state index in [-0.39, 0.29) is 30.8 Å². The predicted molar refractivity (Wildman–Crippen MR) is 119 cm³/mol. The summed E-state index contributed by atoms with van der Waals surface area (Å²) in [5, 5.41) is 22.0. The van der Waals surface area contributed by atoms with Crippen molar-refractivity contribution in [1.29, 1.82) is 0 Å². The normalized spacial score (nSPS) is 26.2. The second-order valence-electron chi connectivity index (χ2n) is 8.70. The van der Waals surface area contributed by atoms with Crippen LogP contribution in [0.1, 0.15) is 54.4 Å². The monoisotopic (exact) mass is 440 g/mol. The summed E-state index contributed by atoms with van der Waals surface area (Å²) in [6, 6.07) is 15.8. The molecule has 2 saturated heterocycles. The number of benzene rings is 2. The lowest BCUT2D eigenvalue weighted by Gasteiger charge is -2.37. The molecule has 4 rings (SSSR count). The van der Waals surface area contributed by atoms with Crippen LogP contribution in [0.25, 0.3) is 0 Å². The minimum atomic E-state index is -0.501. The first-order chi connectivity index (χ1) is 15.5. The van der Waals surface area contributed by atoms with Crippen molar-refractivity contribution >= 4 is 5.91 Å². The Morgan fingerprint density at radius 3 is 2.38 bits per heavy atom. The lowest BCUT2D eigenvalue weighted by molar-refractivity contribution is -0.252. The molecule has 2 aliphatic heterocycles. The van der Waals surface area contributed by atoms with E-state index in [2.05, 4.69) is 10.2 Å². The van der Waals surface area contributed by atoms with Gasteiger partial charge in [0.05, 0.1) is 24.9 Å². The van der Waals surface area contributed by atoms with Gasteiger partial charge in [-0.15, -0.1) is 0 Å². The van der Waals surface area contributed by atoms with Gasteiger partial charge in [0.1, 0.15) is 0 Å². The third-order valence-corrected chi connectivity index (χ3v) is 6.12. The molecule has 7 nitrogen and oxygen atoms in total. The van der Waals surface area contributed by atoms with Gasteiger partial charge in [0.25, 0.3) is 0 Å². The van der Waals surface area contributed by atoms with Crippen molar-refractivity contribution in [3.05, 3.63) is 70.8 Å². The van der Waals surface area contributed by atoms with Crippen molar-refractivity contribution < 1.29 is 24.5 Å². The van der Waals surface area contributed by atoms with Crippen LogP contribution in [0.15, 0.2) is 48.5 Å². The fourth-order valence-electron chi connectivity index (χ4n) is 4.32. The van der Waals surface area contributed by atoms with Crippen molar-refractivity contribution in [2.24, 2.45) is 0 Å². The van der Waals surface area contributed by atoms with Gasteiger partial charge in [0, 0.05) is 45.1 Å². The van der Waals surface area contributed by atoms with E-state index in [0.29, 0.717) is 13.1 Å². The number of carbonyl (C=O) groups is 1. The van der Waals surface area contributed by atoms with Crippen LogP contribution in [0.3, 0.4) is 0 Å². The second-order valence-corrected chi connectivity index (χ2v) is 8.70. The minimum absolute atomic E-state index is 0.0162. The lowest BCUT2D eigenvalue weighted by Crippen LogP contribution is -2.38. The quantitative estimate of drug-likeness (QED) is 0.613. The van der Waals surface area contributed by atoms with Crippen molar-refractivity contribution in [3.63, 3.8) is 0 Å². The number of ether oxygens (including phenoxy) is 2. The second kappa shape index (κ2) is 10.6. The highest BCUT2D eigenvalue weighted by Crippen LogP contribution is 2.38. The van der Waals surface area contributed by atoms with Crippen LogP contribution in [-0.4, -0.2) is 52.9 Å². The summed E-state index contributed by atoms with van der Waals surface area (Å²) >= 11 is 0. The molecule has 172 valence electrons. The van der Waals surface area contributed by atoms with E-state index < -0.39 is 6.29 Å². The van der Waals surface area contributed by atoms with Gasteiger partial charge in [-0.05, 0) is 23.1 Å². The first-order valence-electron chi connectivity index (χ1n) is 11.2. The molecule has 1 amide bonds. The smallest absolute Gasteiger partial charge is 0.217 e. The Hall–Kier alpha value is -2.29. The van der Waals surface area contributed by atoms with E-state index in [0.717, 1.165) is 48.2 Å². The van der Waals surface area contributed by atoms with Gasteiger partial charge < -0.3 is 25.0 Å². The van der Waals surface area contributed by atoms with E-state index in [1.807, 2.05) is 48.5 Å². The Morgan fingerprint density at radius 1 is 1.06 bits per heavy atom. The van der Waals surface area contributed by atoms with E-state index in [9.17, 15) is 15.0 Å². The molecule has 4 atom stereocenters. The highest BCUT2D eigenvalue weighted by Gasteiger charge is 2.34. The number of aliphatic hydroxyl groups is 2. The standard InChI is InChI=1S/C25H32N2O5/c1-17(29)26-13-18-2-8-21(9-3-18)25-31-23(15-27-11-10-22(30)14-27)12-24(32-25)20-6-4-19(16-28)5-7-20/h2-9,22-25,28,30H,10-16H2,1H3,(H,26,29)/t22-,23-,24+,25+/m0/s1. The zero-order valence-corrected chi connectivity index (χ0v) is 18.4. The van der Waals surface area contributed by atoms with Crippen LogP contribution in [0.5, 0.6) is 0 Å². The number of aliphatic hydroxyl groups excluding tert-OH is 2. The maximum Gasteiger partial charge on any atom is 0.217 e. The van der Waals surface area contributed by atoms with Gasteiger partial charge in [-0.1, -0.05) is 48.5 Å². The van der Waals surface area contributed by atoms with Crippen LogP contribution in [0.4, 0.5) is 0 Å². The fourth-order valence-corrected chi connectivity index (χ4v) is 4.32. The summed E-state index contributed by atoms with van der Waals surface area (Å²) < 4.78 is 12.7. The number of likely N-dealkylation sites (tertiary alicyclic amines) is 1. The summed E-state index contributed by atoms with van der Waals surface area (Å²) in [5.74, 6) is -0.0574. The molecule has 0 bridgehead atoms. The molecule has 0 spiro atoms. The first-order valence-corrected chi connectivity index (χ1v) is 11.2. The summed E-state index contributed by atoms with van der Waals surface area (Å²) in [5.41, 5.74) is 3.87. The lowest BCUT2D eigenvalue weighted by atomic mass is 9.99. The predicted octanol–water partition coefficient (Wildman–Crippen LogP) is 2.43. The number of hydrogen-bond acceptors (Lipinski definition) is 6. The molecule has 0 radical (unpaired) electrons. The highest BCUT2D eigenvalue weighted by atomic mass is 16.7. The molecule has 0 aromatic heterocycles. The maximum atomic E-state index is 11.2. The van der Waals surface area contributed by atoms with Crippen LogP contribution in [0.2, 0.25) is 0 Å². The molecule has 2 aromatic rings. The van der Waals surface area contributed by atoms with E-state index in [1.54, 1.807) is 0 Å². The summed E-state index contributed by atoms with van der Waals surface area (Å²) in [4.78, 5) is 13.4. The van der Waals surface area contributed by atoms with E-state index in [4.69, 9.17) is 9.47 Å². The average molecular weight is 441 g/mol. The molecular formula is C25H32N2O5. The largest absolute Gasteiger partial charge is 0.392 e. The van der Waals surface area contributed by atoms with Gasteiger partial charge in [0.2, 0.25) is 5.91 Å². The van der Waals surface area contributed by atoms with Gasteiger partial charge in [-0.3, -0.25) is 9.69 Å². The molecule has 2 fully saturated rings. The molecule has 7 heteroatoms. The highest BCUT2D eigenvalue weighted by molar-refractivity contribution is 5.72. The summed E-state index contributed by atoms with van der Waals surface area (Å²) in [6.45, 7) is 4.32. The number of amides is 1. The third-order valence-electron chi connectivity index (χ3n) is 6.12. The Balaban J connectivity index is 1.49. The SMILES string of the molecule is CC(=O)NCc1ccc([C@@H]2O[C@H](CN3CC[C@H](O)C3)C[C@H](c3ccc(CO)cc3)O2)cc1. The van der Waals surface area contributed by atoms with E-state index in [1.165, 1.54) is 6.92 Å². The van der Waals surface area contributed by atoms with Crippen molar-refractivity contribution in [3.8, 4) is 0 Å². The average Bonchev–Trinajstić information content (AvgIpc) is 3.22. The summed E-state index contributed by atoms with van der Waals surface area (Å²) in [6.07, 6.45) is 0.609. The number of β-amino-alcohol motifs (C(OH)–C–C–N with tert-alkyl or cyclic N) is 1. The Labute approximate surface area is 189 Å². The Bertz CT molecular complexity index is 886. The number of rotatable bonds is 7. The zero-order chi connectivity index (χ0) is 22.5. The van der Waals surface area contributed by atoms with E-state index >= 15 is 0 Å². The molecule has 32 heavy (non-hydrogen) atoms. The van der Waals surface area contributed by atoms with Gasteiger partial charge in [0.15, 0.2) is 6.29 Å². The molecule has 2 aromatic carbocycles. The van der Waals surface area contributed by atoms with Gasteiger partial charge in [-0.2, -0.15) is 0 Å². The first kappa shape index (κ1) is 22.9. The van der Waals surface area contributed by atoms with Crippen LogP contribution >= 0.6 is 0 Å². The molecule has 3 N–H and O–H groups in total. The number of nitrogens with one attached hydrogen (secondary N) is 1. The fraction of sp³-hybridized carbons (Fsp3) is 0.480. The molecule has 2 heterocycles. The molecular weight excluding hydrogens is 408 g/mol. The number of hydrogen-bond donors (Lipinski definition) is 3. The maximum absolute atomic E-state index is 11.2. The molecule has 0 aliphatic carbocycles. The molecule has 0 saturated carbocycles. The third kappa shape index (κ3) is 5.94. The van der Waals surface area contributed by atoms with Crippen molar-refractivity contribution in [1.82, 2.24) is 10.2 Å². The summed E-state index contributed by atoms with van der Waals surface area (Å²) in [7, 11) is 0. The molecule has 0 unspecified atom stereocenters. The number of nitrogens with zero attached hydrogens (tertiary/aromatic N) is 1. The Morgan fingerprint density at radius 2 is 1.75 bits per heavy atom. The van der Waals surface area contributed by atoms with Crippen LogP contribution in [-0.2, 0) is 27.4 Å². The zero-order valence-electron chi connectivity index (χ0n) is 18.4. The van der Waals surface area contributed by atoms with Gasteiger partial charge >= 0.3 is 0 Å². The van der Waals surface area contributed by atoms with Crippen molar-refractivity contribution in [2.75, 3.05) is 19.6 Å². The Kier molecular flexibility index (Phi) is 7.55. The topological polar surface area (TPSA) is 91.3 Å². The van der Waals surface area contributed by atoms with Crippen LogP contribution < -0.4 is 5.32 Å².